The fraction of sp³-hybridized carbons (Fsp3) is 0.381. The molecule has 0 aliphatic rings. The van der Waals surface area contributed by atoms with Gasteiger partial charge in [0, 0.05) is 37.0 Å². The van der Waals surface area contributed by atoms with Gasteiger partial charge in [0.05, 0.1) is 20.8 Å². The Morgan fingerprint density at radius 2 is 1.75 bits per heavy atom. The maximum atomic E-state index is 5.44. The largest absolute Gasteiger partial charge is 0.497 e. The summed E-state index contributed by atoms with van der Waals surface area (Å²) in [6, 6.07) is 16.0. The molecule has 3 N–H and O–H groups in total. The molecule has 6 nitrogen and oxygen atoms in total. The number of hydrogen-bond donors (Lipinski definition) is 3. The highest BCUT2D eigenvalue weighted by molar-refractivity contribution is 14.0. The van der Waals surface area contributed by atoms with Gasteiger partial charge in [0.15, 0.2) is 5.96 Å². The molecule has 2 rings (SSSR count). The first-order valence-corrected chi connectivity index (χ1v) is 9.28. The molecule has 2 aromatic carbocycles. The number of nitrogens with zero attached hydrogens (tertiary/aromatic N) is 1. The van der Waals surface area contributed by atoms with Crippen molar-refractivity contribution in [1.82, 2.24) is 10.6 Å². The van der Waals surface area contributed by atoms with Crippen molar-refractivity contribution in [1.29, 1.82) is 0 Å². The topological polar surface area (TPSA) is 66.9 Å². The number of benzene rings is 2. The van der Waals surface area contributed by atoms with E-state index in [9.17, 15) is 0 Å². The Bertz CT molecular complexity index is 711. The van der Waals surface area contributed by atoms with Crippen molar-refractivity contribution in [2.45, 2.75) is 19.9 Å². The van der Waals surface area contributed by atoms with Crippen molar-refractivity contribution >= 4 is 35.6 Å². The van der Waals surface area contributed by atoms with Crippen LogP contribution in [0, 0.1) is 0 Å². The molecule has 0 heterocycles. The zero-order valence-electron chi connectivity index (χ0n) is 16.8. The lowest BCUT2D eigenvalue weighted by atomic mass is 10.2. The number of halogens is 1. The summed E-state index contributed by atoms with van der Waals surface area (Å²) in [5, 5.41) is 10.1. The van der Waals surface area contributed by atoms with Crippen LogP contribution in [0.3, 0.4) is 0 Å². The smallest absolute Gasteiger partial charge is 0.191 e. The Kier molecular flexibility index (Phi) is 11.9. The highest BCUT2D eigenvalue weighted by Gasteiger charge is 2.05. The van der Waals surface area contributed by atoms with Gasteiger partial charge in [-0.1, -0.05) is 18.2 Å². The molecule has 0 amide bonds. The van der Waals surface area contributed by atoms with Crippen LogP contribution in [0.15, 0.2) is 53.5 Å². The predicted octanol–water partition coefficient (Wildman–Crippen LogP) is 3.88. The zero-order valence-corrected chi connectivity index (χ0v) is 19.2. The molecule has 7 heteroatoms. The van der Waals surface area contributed by atoms with E-state index < -0.39 is 0 Å². The lowest BCUT2D eigenvalue weighted by Crippen LogP contribution is -2.38. The zero-order chi connectivity index (χ0) is 19.3. The van der Waals surface area contributed by atoms with E-state index in [4.69, 9.17) is 9.47 Å². The second-order valence-corrected chi connectivity index (χ2v) is 5.95. The first kappa shape index (κ1) is 23.9. The van der Waals surface area contributed by atoms with Gasteiger partial charge in [0.1, 0.15) is 11.5 Å². The molecule has 28 heavy (non-hydrogen) atoms. The molecular weight excluding hydrogens is 467 g/mol. The normalized spacial score (nSPS) is 10.6. The number of methoxy groups -OCH3 is 2. The third-order valence-electron chi connectivity index (χ3n) is 3.99. The first-order valence-electron chi connectivity index (χ1n) is 9.28. The van der Waals surface area contributed by atoms with Crippen LogP contribution in [0.5, 0.6) is 11.5 Å². The summed E-state index contributed by atoms with van der Waals surface area (Å²) in [6.07, 6.45) is 0.991. The minimum Gasteiger partial charge on any atom is -0.497 e. The van der Waals surface area contributed by atoms with Crippen molar-refractivity contribution in [3.05, 3.63) is 54.1 Å². The number of nitrogens with one attached hydrogen (secondary N) is 3. The van der Waals surface area contributed by atoms with E-state index in [-0.39, 0.29) is 24.0 Å². The third-order valence-corrected chi connectivity index (χ3v) is 3.99. The van der Waals surface area contributed by atoms with Crippen molar-refractivity contribution in [2.75, 3.05) is 39.2 Å². The molecule has 0 fully saturated rings. The van der Waals surface area contributed by atoms with Crippen LogP contribution in [0.4, 0.5) is 5.69 Å². The molecule has 0 spiro atoms. The standard InChI is InChI=1S/C21H30N4O2.HI/c1-4-22-21(24-14-8-13-23-18-9-6-5-7-10-18)25-16-17-11-12-19(26-2)15-20(17)27-3;/h5-7,9-12,15,23H,4,8,13-14,16H2,1-3H3,(H2,22,24,25);1H. The van der Waals surface area contributed by atoms with Gasteiger partial charge in [0.25, 0.3) is 0 Å². The number of ether oxygens (including phenoxy) is 2. The Labute approximate surface area is 185 Å². The van der Waals surface area contributed by atoms with Gasteiger partial charge < -0.3 is 25.4 Å². The molecule has 0 aliphatic carbocycles. The number of para-hydroxylation sites is 1. The maximum absolute atomic E-state index is 5.44. The summed E-state index contributed by atoms with van der Waals surface area (Å²) in [6.45, 7) is 5.15. The minimum absolute atomic E-state index is 0. The van der Waals surface area contributed by atoms with Gasteiger partial charge in [-0.3, -0.25) is 0 Å². The van der Waals surface area contributed by atoms with Crippen LogP contribution in [-0.2, 0) is 6.54 Å². The van der Waals surface area contributed by atoms with Crippen LogP contribution < -0.4 is 25.4 Å². The van der Waals surface area contributed by atoms with E-state index in [1.165, 1.54) is 0 Å². The Morgan fingerprint density at radius 1 is 0.964 bits per heavy atom. The van der Waals surface area contributed by atoms with Gasteiger partial charge >= 0.3 is 0 Å². The Morgan fingerprint density at radius 3 is 2.43 bits per heavy atom. The lowest BCUT2D eigenvalue weighted by Gasteiger charge is -2.13. The number of hydrogen-bond acceptors (Lipinski definition) is 4. The number of guanidine groups is 1. The van der Waals surface area contributed by atoms with Gasteiger partial charge in [-0.05, 0) is 37.6 Å². The van der Waals surface area contributed by atoms with Crippen LogP contribution in [0.25, 0.3) is 0 Å². The summed E-state index contributed by atoms with van der Waals surface area (Å²) >= 11 is 0. The van der Waals surface area contributed by atoms with Gasteiger partial charge in [-0.25, -0.2) is 4.99 Å². The first-order chi connectivity index (χ1) is 13.3. The third kappa shape index (κ3) is 8.24. The fourth-order valence-electron chi connectivity index (χ4n) is 2.57. The van der Waals surface area contributed by atoms with Gasteiger partial charge in [-0.2, -0.15) is 0 Å². The van der Waals surface area contributed by atoms with Crippen molar-refractivity contribution < 1.29 is 9.47 Å². The molecular formula is C21H31IN4O2. The van der Waals surface area contributed by atoms with Crippen molar-refractivity contribution in [3.8, 4) is 11.5 Å². The molecule has 0 atom stereocenters. The van der Waals surface area contributed by atoms with Gasteiger partial charge in [0.2, 0.25) is 0 Å². The number of anilines is 1. The summed E-state index contributed by atoms with van der Waals surface area (Å²) in [5.74, 6) is 2.35. The highest BCUT2D eigenvalue weighted by atomic mass is 127. The SMILES string of the molecule is CCNC(=NCc1ccc(OC)cc1OC)NCCCNc1ccccc1.I. The van der Waals surface area contributed by atoms with Crippen LogP contribution >= 0.6 is 24.0 Å². The average Bonchev–Trinajstić information content (AvgIpc) is 2.72. The quantitative estimate of drug-likeness (QED) is 0.201. The van der Waals surface area contributed by atoms with E-state index >= 15 is 0 Å². The molecule has 0 saturated carbocycles. The predicted molar refractivity (Wildman–Crippen MR) is 127 cm³/mol. The number of aliphatic imine (C=N–C) groups is 1. The van der Waals surface area contributed by atoms with Crippen LogP contribution in [0.2, 0.25) is 0 Å². The second kappa shape index (κ2) is 13.9. The van der Waals surface area contributed by atoms with E-state index in [0.29, 0.717) is 6.54 Å². The van der Waals surface area contributed by atoms with Crippen LogP contribution in [-0.4, -0.2) is 39.8 Å². The molecule has 0 aromatic heterocycles. The Balaban J connectivity index is 0.00000392. The summed E-state index contributed by atoms with van der Waals surface area (Å²) < 4.78 is 10.7. The summed E-state index contributed by atoms with van der Waals surface area (Å²) in [4.78, 5) is 4.66. The monoisotopic (exact) mass is 498 g/mol. The Hall–Kier alpha value is -2.16. The van der Waals surface area contributed by atoms with E-state index in [1.54, 1.807) is 14.2 Å². The molecule has 0 unspecified atom stereocenters. The average molecular weight is 498 g/mol. The number of rotatable bonds is 10. The highest BCUT2D eigenvalue weighted by Crippen LogP contribution is 2.25. The molecule has 154 valence electrons. The fourth-order valence-corrected chi connectivity index (χ4v) is 2.57. The molecule has 0 bridgehead atoms. The van der Waals surface area contributed by atoms with Gasteiger partial charge in [-0.15, -0.1) is 24.0 Å². The molecule has 2 aromatic rings. The maximum Gasteiger partial charge on any atom is 0.191 e. The summed E-state index contributed by atoms with van der Waals surface area (Å²) in [5.41, 5.74) is 2.16. The van der Waals surface area contributed by atoms with E-state index in [0.717, 1.165) is 54.8 Å². The van der Waals surface area contributed by atoms with E-state index in [2.05, 4.69) is 40.0 Å². The van der Waals surface area contributed by atoms with Crippen LogP contribution in [0.1, 0.15) is 18.9 Å². The molecule has 0 saturated heterocycles. The van der Waals surface area contributed by atoms with Crippen molar-refractivity contribution in [2.24, 2.45) is 4.99 Å². The van der Waals surface area contributed by atoms with E-state index in [1.807, 2.05) is 36.4 Å². The molecule has 0 aliphatic heterocycles. The second-order valence-electron chi connectivity index (χ2n) is 5.95. The van der Waals surface area contributed by atoms with Crippen molar-refractivity contribution in [3.63, 3.8) is 0 Å². The molecule has 0 radical (unpaired) electrons. The lowest BCUT2D eigenvalue weighted by molar-refractivity contribution is 0.391. The summed E-state index contributed by atoms with van der Waals surface area (Å²) in [7, 11) is 3.30. The minimum atomic E-state index is 0.